The van der Waals surface area contributed by atoms with Crippen molar-refractivity contribution in [2.45, 2.75) is 51.2 Å². The van der Waals surface area contributed by atoms with Gasteiger partial charge in [-0.15, -0.1) is 11.3 Å². The van der Waals surface area contributed by atoms with E-state index in [1.165, 1.54) is 29.1 Å². The Labute approximate surface area is 129 Å². The molecule has 3 rings (SSSR count). The highest BCUT2D eigenvalue weighted by molar-refractivity contribution is 7.11. The molecule has 0 aliphatic heterocycles. The largest absolute Gasteiger partial charge is 0.463 e. The van der Waals surface area contributed by atoms with Gasteiger partial charge in [0.15, 0.2) is 0 Å². The van der Waals surface area contributed by atoms with Crippen molar-refractivity contribution in [1.82, 2.24) is 10.3 Å². The summed E-state index contributed by atoms with van der Waals surface area (Å²) in [6.07, 6.45) is 5.86. The van der Waals surface area contributed by atoms with Gasteiger partial charge in [-0.25, -0.2) is 4.98 Å². The van der Waals surface area contributed by atoms with E-state index in [9.17, 15) is 5.11 Å². The first-order valence-corrected chi connectivity index (χ1v) is 8.31. The molecule has 4 nitrogen and oxygen atoms in total. The van der Waals surface area contributed by atoms with Gasteiger partial charge in [0, 0.05) is 30.1 Å². The standard InChI is InChI=1S/C16H22N2O2S/c1-11-6-7-14(20-11)16(2,19)10-17-8-13-9-18-15(21-13)12-4-3-5-12/h6-7,9,12,17,19H,3-5,8,10H2,1-2H3. The highest BCUT2D eigenvalue weighted by Gasteiger charge is 2.26. The molecular weight excluding hydrogens is 284 g/mol. The van der Waals surface area contributed by atoms with E-state index < -0.39 is 5.60 Å². The molecular formula is C16H22N2O2S. The Balaban J connectivity index is 1.52. The topological polar surface area (TPSA) is 58.3 Å². The van der Waals surface area contributed by atoms with Crippen LogP contribution in [0, 0.1) is 6.92 Å². The van der Waals surface area contributed by atoms with Gasteiger partial charge in [-0.2, -0.15) is 0 Å². The number of nitrogens with zero attached hydrogens (tertiary/aromatic N) is 1. The second-order valence-electron chi connectivity index (χ2n) is 6.08. The van der Waals surface area contributed by atoms with E-state index >= 15 is 0 Å². The Kier molecular flexibility index (Phi) is 4.15. The predicted molar refractivity (Wildman–Crippen MR) is 83.4 cm³/mol. The van der Waals surface area contributed by atoms with Crippen LogP contribution in [-0.4, -0.2) is 16.6 Å². The highest BCUT2D eigenvalue weighted by Crippen LogP contribution is 2.38. The van der Waals surface area contributed by atoms with Gasteiger partial charge in [-0.05, 0) is 38.8 Å². The van der Waals surface area contributed by atoms with Crippen LogP contribution in [0.15, 0.2) is 22.7 Å². The lowest BCUT2D eigenvalue weighted by atomic mass is 9.86. The predicted octanol–water partition coefficient (Wildman–Crippen LogP) is 3.31. The molecule has 2 aromatic rings. The number of hydrogen-bond donors (Lipinski definition) is 2. The Hall–Kier alpha value is -1.17. The second kappa shape index (κ2) is 5.91. The van der Waals surface area contributed by atoms with E-state index in [4.69, 9.17) is 4.42 Å². The molecule has 0 spiro atoms. The fraction of sp³-hybridized carbons (Fsp3) is 0.562. The number of aryl methyl sites for hydroxylation is 1. The third-order valence-electron chi connectivity index (χ3n) is 4.07. The van der Waals surface area contributed by atoms with E-state index in [2.05, 4.69) is 10.3 Å². The van der Waals surface area contributed by atoms with Crippen LogP contribution in [0.25, 0.3) is 0 Å². The van der Waals surface area contributed by atoms with Crippen LogP contribution < -0.4 is 5.32 Å². The molecule has 1 fully saturated rings. The first kappa shape index (κ1) is 14.8. The van der Waals surface area contributed by atoms with Gasteiger partial charge >= 0.3 is 0 Å². The Bertz CT molecular complexity index is 599. The molecule has 114 valence electrons. The summed E-state index contributed by atoms with van der Waals surface area (Å²) in [6, 6.07) is 3.70. The maximum atomic E-state index is 10.4. The Morgan fingerprint density at radius 2 is 2.29 bits per heavy atom. The lowest BCUT2D eigenvalue weighted by molar-refractivity contribution is 0.0333. The average molecular weight is 306 g/mol. The summed E-state index contributed by atoms with van der Waals surface area (Å²) in [6.45, 7) is 4.84. The van der Waals surface area contributed by atoms with Crippen molar-refractivity contribution in [2.75, 3.05) is 6.54 Å². The zero-order chi connectivity index (χ0) is 14.9. The van der Waals surface area contributed by atoms with Crippen molar-refractivity contribution in [3.05, 3.63) is 39.7 Å². The normalized spacial score (nSPS) is 18.4. The molecule has 21 heavy (non-hydrogen) atoms. The quantitative estimate of drug-likeness (QED) is 0.859. The zero-order valence-electron chi connectivity index (χ0n) is 12.6. The molecule has 1 aliphatic carbocycles. The number of furan rings is 1. The smallest absolute Gasteiger partial charge is 0.136 e. The van der Waals surface area contributed by atoms with Gasteiger partial charge in [-0.1, -0.05) is 6.42 Å². The molecule has 0 saturated heterocycles. The average Bonchev–Trinajstić information content (AvgIpc) is 2.97. The summed E-state index contributed by atoms with van der Waals surface area (Å²) in [5.41, 5.74) is -0.990. The van der Waals surface area contributed by atoms with Gasteiger partial charge in [0.2, 0.25) is 0 Å². The number of thiazole rings is 1. The molecule has 2 N–H and O–H groups in total. The third kappa shape index (κ3) is 3.36. The van der Waals surface area contributed by atoms with Crippen LogP contribution in [0.2, 0.25) is 0 Å². The zero-order valence-corrected chi connectivity index (χ0v) is 13.4. The van der Waals surface area contributed by atoms with Crippen LogP contribution in [0.3, 0.4) is 0 Å². The first-order chi connectivity index (χ1) is 10.0. The number of aliphatic hydroxyl groups is 1. The van der Waals surface area contributed by atoms with Crippen LogP contribution in [0.5, 0.6) is 0 Å². The van der Waals surface area contributed by atoms with Crippen molar-refractivity contribution < 1.29 is 9.52 Å². The monoisotopic (exact) mass is 306 g/mol. The van der Waals surface area contributed by atoms with E-state index in [1.54, 1.807) is 18.3 Å². The number of nitrogens with one attached hydrogen (secondary N) is 1. The molecule has 5 heteroatoms. The van der Waals surface area contributed by atoms with Crippen LogP contribution in [0.1, 0.15) is 53.5 Å². The number of hydrogen-bond acceptors (Lipinski definition) is 5. The first-order valence-electron chi connectivity index (χ1n) is 7.49. The van der Waals surface area contributed by atoms with E-state index in [0.29, 0.717) is 18.2 Å². The van der Waals surface area contributed by atoms with Gasteiger partial charge in [0.1, 0.15) is 17.1 Å². The van der Waals surface area contributed by atoms with E-state index in [-0.39, 0.29) is 0 Å². The van der Waals surface area contributed by atoms with E-state index in [1.807, 2.05) is 25.3 Å². The minimum Gasteiger partial charge on any atom is -0.463 e. The fourth-order valence-electron chi connectivity index (χ4n) is 2.49. The molecule has 1 aliphatic rings. The molecule has 0 bridgehead atoms. The van der Waals surface area contributed by atoms with Gasteiger partial charge in [0.25, 0.3) is 0 Å². The van der Waals surface area contributed by atoms with Crippen LogP contribution in [-0.2, 0) is 12.1 Å². The van der Waals surface area contributed by atoms with Gasteiger partial charge < -0.3 is 14.8 Å². The van der Waals surface area contributed by atoms with E-state index in [0.717, 1.165) is 12.3 Å². The summed E-state index contributed by atoms with van der Waals surface area (Å²) < 4.78 is 5.51. The Morgan fingerprint density at radius 3 is 2.90 bits per heavy atom. The minimum absolute atomic E-state index is 0.455. The highest BCUT2D eigenvalue weighted by atomic mass is 32.1. The maximum Gasteiger partial charge on any atom is 0.136 e. The molecule has 2 heterocycles. The van der Waals surface area contributed by atoms with Gasteiger partial charge in [0.05, 0.1) is 5.01 Å². The van der Waals surface area contributed by atoms with Gasteiger partial charge in [-0.3, -0.25) is 0 Å². The molecule has 1 saturated carbocycles. The Morgan fingerprint density at radius 1 is 1.48 bits per heavy atom. The van der Waals surface area contributed by atoms with Crippen molar-refractivity contribution in [1.29, 1.82) is 0 Å². The molecule has 1 atom stereocenters. The van der Waals surface area contributed by atoms with Crippen molar-refractivity contribution in [3.63, 3.8) is 0 Å². The molecule has 0 amide bonds. The molecule has 0 aromatic carbocycles. The minimum atomic E-state index is -0.990. The maximum absolute atomic E-state index is 10.4. The fourth-order valence-corrected chi connectivity index (χ4v) is 3.54. The van der Waals surface area contributed by atoms with Crippen LogP contribution >= 0.6 is 11.3 Å². The SMILES string of the molecule is Cc1ccc(C(C)(O)CNCc2cnc(C3CCC3)s2)o1. The van der Waals surface area contributed by atoms with Crippen molar-refractivity contribution >= 4 is 11.3 Å². The summed E-state index contributed by atoms with van der Waals surface area (Å²) in [4.78, 5) is 5.74. The van der Waals surface area contributed by atoms with Crippen molar-refractivity contribution in [2.24, 2.45) is 0 Å². The molecule has 1 unspecified atom stereocenters. The van der Waals surface area contributed by atoms with Crippen LogP contribution in [0.4, 0.5) is 0 Å². The summed E-state index contributed by atoms with van der Waals surface area (Å²) >= 11 is 1.79. The number of aromatic nitrogens is 1. The second-order valence-corrected chi connectivity index (χ2v) is 7.23. The summed E-state index contributed by atoms with van der Waals surface area (Å²) in [5.74, 6) is 2.11. The lowest BCUT2D eigenvalue weighted by Crippen LogP contribution is -2.34. The van der Waals surface area contributed by atoms with Crippen molar-refractivity contribution in [3.8, 4) is 0 Å². The lowest BCUT2D eigenvalue weighted by Gasteiger charge is -2.22. The molecule has 0 radical (unpaired) electrons. The summed E-state index contributed by atoms with van der Waals surface area (Å²) in [7, 11) is 0. The third-order valence-corrected chi connectivity index (χ3v) is 5.23. The summed E-state index contributed by atoms with van der Waals surface area (Å²) in [5, 5.41) is 15.0. The molecule has 2 aromatic heterocycles. The number of rotatable bonds is 6.